The van der Waals surface area contributed by atoms with Crippen molar-refractivity contribution in [2.24, 2.45) is 0 Å². The average Bonchev–Trinajstić information content (AvgIpc) is 2.94. The van der Waals surface area contributed by atoms with E-state index in [-0.39, 0.29) is 24.5 Å². The Hall–Kier alpha value is -3.12. The molecule has 1 amide bonds. The van der Waals surface area contributed by atoms with Gasteiger partial charge in [-0.2, -0.15) is 0 Å². The number of β-amino-alcohol motifs (C(OH)–C–C–N with tert-alkyl or cyclic N) is 1. The highest BCUT2D eigenvalue weighted by Crippen LogP contribution is 2.39. The smallest absolute Gasteiger partial charge is 0.295 e. The minimum absolute atomic E-state index is 0.00593. The van der Waals surface area contributed by atoms with Crippen LogP contribution in [0.4, 0.5) is 0 Å². The number of benzene rings is 2. The number of hydrogen-bond acceptors (Lipinski definition) is 5. The van der Waals surface area contributed by atoms with Gasteiger partial charge in [0.25, 0.3) is 11.7 Å². The third-order valence-electron chi connectivity index (χ3n) is 4.43. The second kappa shape index (κ2) is 8.05. The predicted molar refractivity (Wildman–Crippen MR) is 100 cm³/mol. The zero-order valence-corrected chi connectivity index (χ0v) is 15.0. The Morgan fingerprint density at radius 3 is 2.33 bits per heavy atom. The Morgan fingerprint density at radius 2 is 1.74 bits per heavy atom. The molecule has 0 spiro atoms. The van der Waals surface area contributed by atoms with Gasteiger partial charge in [0.15, 0.2) is 0 Å². The number of likely N-dealkylation sites (tertiary alicyclic amines) is 1. The Bertz CT molecular complexity index is 858. The van der Waals surface area contributed by atoms with Crippen LogP contribution in [0.2, 0.25) is 0 Å². The second-order valence-corrected chi connectivity index (χ2v) is 6.08. The third-order valence-corrected chi connectivity index (χ3v) is 4.43. The van der Waals surface area contributed by atoms with Gasteiger partial charge in [-0.15, -0.1) is 0 Å². The van der Waals surface area contributed by atoms with Crippen LogP contribution >= 0.6 is 0 Å². The number of carbonyl (C=O) groups is 2. The molecule has 27 heavy (non-hydrogen) atoms. The summed E-state index contributed by atoms with van der Waals surface area (Å²) < 4.78 is 5.43. The largest absolute Gasteiger partial charge is 0.507 e. The molecule has 0 unspecified atom stereocenters. The molecule has 2 N–H and O–H groups in total. The van der Waals surface area contributed by atoms with Crippen LogP contribution in [0.3, 0.4) is 0 Å². The standard InChI is InChI=1S/C21H21NO5/c1-2-27-16-10-8-14(9-11-16)18-17(19(24)15-6-4-3-5-7-15)20(25)21(26)22(18)12-13-23/h3-11,18,23-24H,2,12-13H2,1H3/t18-/m1/s1. The highest BCUT2D eigenvalue weighted by Gasteiger charge is 2.45. The van der Waals surface area contributed by atoms with Gasteiger partial charge in [-0.3, -0.25) is 9.59 Å². The van der Waals surface area contributed by atoms with E-state index >= 15 is 0 Å². The van der Waals surface area contributed by atoms with Crippen molar-refractivity contribution < 1.29 is 24.5 Å². The van der Waals surface area contributed by atoms with Gasteiger partial charge >= 0.3 is 0 Å². The van der Waals surface area contributed by atoms with Gasteiger partial charge in [0.05, 0.1) is 24.8 Å². The summed E-state index contributed by atoms with van der Waals surface area (Å²) in [5.41, 5.74) is 1.13. The van der Waals surface area contributed by atoms with E-state index in [2.05, 4.69) is 0 Å². The van der Waals surface area contributed by atoms with Crippen LogP contribution in [0.25, 0.3) is 5.76 Å². The van der Waals surface area contributed by atoms with Crippen molar-refractivity contribution in [1.29, 1.82) is 0 Å². The van der Waals surface area contributed by atoms with Gasteiger partial charge in [-0.05, 0) is 24.6 Å². The van der Waals surface area contributed by atoms with Gasteiger partial charge < -0.3 is 19.8 Å². The predicted octanol–water partition coefficient (Wildman–Crippen LogP) is 2.50. The molecule has 0 aromatic heterocycles. The molecule has 0 bridgehead atoms. The van der Waals surface area contributed by atoms with E-state index < -0.39 is 17.7 Å². The van der Waals surface area contributed by atoms with E-state index in [9.17, 15) is 19.8 Å². The first-order chi connectivity index (χ1) is 13.1. The molecule has 3 rings (SSSR count). The molecule has 1 atom stereocenters. The van der Waals surface area contributed by atoms with Crippen LogP contribution in [0.5, 0.6) is 5.75 Å². The van der Waals surface area contributed by atoms with E-state index in [0.29, 0.717) is 23.5 Å². The molecule has 140 valence electrons. The minimum Gasteiger partial charge on any atom is -0.507 e. The zero-order valence-electron chi connectivity index (χ0n) is 15.0. The highest BCUT2D eigenvalue weighted by atomic mass is 16.5. The van der Waals surface area contributed by atoms with Crippen molar-refractivity contribution in [3.05, 3.63) is 71.3 Å². The van der Waals surface area contributed by atoms with E-state index in [0.717, 1.165) is 0 Å². The van der Waals surface area contributed by atoms with Crippen LogP contribution in [0, 0.1) is 0 Å². The molecule has 1 aliphatic rings. The van der Waals surface area contributed by atoms with Crippen LogP contribution in [0.1, 0.15) is 24.1 Å². The quantitative estimate of drug-likeness (QED) is 0.465. The fraction of sp³-hybridized carbons (Fsp3) is 0.238. The van der Waals surface area contributed by atoms with Crippen molar-refractivity contribution in [2.75, 3.05) is 19.8 Å². The number of nitrogens with zero attached hydrogens (tertiary/aromatic N) is 1. The lowest BCUT2D eigenvalue weighted by molar-refractivity contribution is -0.140. The first kappa shape index (κ1) is 18.7. The Balaban J connectivity index is 2.11. The maximum atomic E-state index is 12.6. The molecular formula is C21H21NO5. The van der Waals surface area contributed by atoms with Crippen LogP contribution in [-0.4, -0.2) is 46.6 Å². The number of ketones is 1. The normalized spacial score (nSPS) is 18.7. The van der Waals surface area contributed by atoms with Crippen LogP contribution in [-0.2, 0) is 9.59 Å². The average molecular weight is 367 g/mol. The maximum Gasteiger partial charge on any atom is 0.295 e. The SMILES string of the molecule is CCOc1ccc([C@@H]2C(=C(O)c3ccccc3)C(=O)C(=O)N2CCO)cc1. The molecule has 0 aliphatic carbocycles. The summed E-state index contributed by atoms with van der Waals surface area (Å²) in [6.45, 7) is 2.11. The fourth-order valence-electron chi connectivity index (χ4n) is 3.23. The lowest BCUT2D eigenvalue weighted by Crippen LogP contribution is -2.32. The molecule has 1 aliphatic heterocycles. The summed E-state index contributed by atoms with van der Waals surface area (Å²) >= 11 is 0. The fourth-order valence-corrected chi connectivity index (χ4v) is 3.23. The number of carbonyl (C=O) groups excluding carboxylic acids is 2. The van der Waals surface area contributed by atoms with Gasteiger partial charge in [0, 0.05) is 12.1 Å². The number of hydrogen-bond donors (Lipinski definition) is 2. The molecule has 1 fully saturated rings. The van der Waals surface area contributed by atoms with Crippen molar-refractivity contribution in [3.63, 3.8) is 0 Å². The maximum absolute atomic E-state index is 12.6. The molecule has 6 nitrogen and oxygen atoms in total. The minimum atomic E-state index is -0.770. The first-order valence-electron chi connectivity index (χ1n) is 8.76. The molecule has 2 aromatic rings. The van der Waals surface area contributed by atoms with Gasteiger partial charge in [-0.1, -0.05) is 42.5 Å². The van der Waals surface area contributed by atoms with Gasteiger partial charge in [-0.25, -0.2) is 0 Å². The summed E-state index contributed by atoms with van der Waals surface area (Å²) in [5.74, 6) is -1.05. The third kappa shape index (κ3) is 3.57. The van der Waals surface area contributed by atoms with Crippen molar-refractivity contribution in [1.82, 2.24) is 4.90 Å². The lowest BCUT2D eigenvalue weighted by Gasteiger charge is -2.24. The molecule has 1 heterocycles. The van der Waals surface area contributed by atoms with Gasteiger partial charge in [0.2, 0.25) is 0 Å². The number of Topliss-reactive ketones (excluding diaryl/α,β-unsaturated/α-hetero) is 1. The molecule has 6 heteroatoms. The van der Waals surface area contributed by atoms with Crippen molar-refractivity contribution in [2.45, 2.75) is 13.0 Å². The first-order valence-corrected chi connectivity index (χ1v) is 8.76. The Morgan fingerprint density at radius 1 is 1.07 bits per heavy atom. The zero-order chi connectivity index (χ0) is 19.4. The number of rotatable bonds is 6. The monoisotopic (exact) mass is 367 g/mol. The second-order valence-electron chi connectivity index (χ2n) is 6.08. The number of aliphatic hydroxyl groups excluding tert-OH is 2. The number of amides is 1. The summed E-state index contributed by atoms with van der Waals surface area (Å²) in [6, 6.07) is 14.9. The van der Waals surface area contributed by atoms with Crippen molar-refractivity contribution in [3.8, 4) is 5.75 Å². The van der Waals surface area contributed by atoms with Crippen molar-refractivity contribution >= 4 is 17.4 Å². The van der Waals surface area contributed by atoms with E-state index in [1.165, 1.54) is 4.90 Å². The molecule has 0 saturated carbocycles. The summed E-state index contributed by atoms with van der Waals surface area (Å²) in [7, 11) is 0. The summed E-state index contributed by atoms with van der Waals surface area (Å²) in [5, 5.41) is 20.1. The number of aliphatic hydroxyl groups is 2. The highest BCUT2D eigenvalue weighted by molar-refractivity contribution is 6.46. The van der Waals surface area contributed by atoms with Crippen LogP contribution in [0.15, 0.2) is 60.2 Å². The Labute approximate surface area is 157 Å². The van der Waals surface area contributed by atoms with Crippen LogP contribution < -0.4 is 4.74 Å². The topological polar surface area (TPSA) is 87.1 Å². The summed E-state index contributed by atoms with van der Waals surface area (Å²) in [6.07, 6.45) is 0. The number of ether oxygens (including phenoxy) is 1. The van der Waals surface area contributed by atoms with Gasteiger partial charge in [0.1, 0.15) is 11.5 Å². The molecule has 0 radical (unpaired) electrons. The lowest BCUT2D eigenvalue weighted by atomic mass is 9.95. The van der Waals surface area contributed by atoms with E-state index in [4.69, 9.17) is 4.74 Å². The molecule has 1 saturated heterocycles. The van der Waals surface area contributed by atoms with E-state index in [1.807, 2.05) is 6.92 Å². The van der Waals surface area contributed by atoms with E-state index in [1.54, 1.807) is 54.6 Å². The summed E-state index contributed by atoms with van der Waals surface area (Å²) in [4.78, 5) is 26.4. The molecule has 2 aromatic carbocycles. The molecular weight excluding hydrogens is 346 g/mol. The Kier molecular flexibility index (Phi) is 5.57.